The van der Waals surface area contributed by atoms with Gasteiger partial charge in [-0.1, -0.05) is 32.8 Å². The molecule has 0 saturated carbocycles. The van der Waals surface area contributed by atoms with Crippen LogP contribution in [0.15, 0.2) is 18.2 Å². The number of rotatable bonds is 9. The molecule has 1 aromatic rings. The Bertz CT molecular complexity index is 340. The molecule has 1 aromatic carbocycles. The van der Waals surface area contributed by atoms with Gasteiger partial charge in [-0.05, 0) is 56.5 Å². The molecular weight excluding hydrogens is 234 g/mol. The van der Waals surface area contributed by atoms with E-state index in [1.807, 2.05) is 0 Å². The van der Waals surface area contributed by atoms with Crippen LogP contribution in [0, 0.1) is 13.8 Å². The topological polar surface area (TPSA) is 21.3 Å². The van der Waals surface area contributed by atoms with E-state index in [9.17, 15) is 0 Å². The summed E-state index contributed by atoms with van der Waals surface area (Å²) in [7, 11) is 0. The van der Waals surface area contributed by atoms with Crippen molar-refractivity contribution in [3.05, 3.63) is 29.3 Å². The molecule has 1 rings (SSSR count). The molecule has 2 heteroatoms. The van der Waals surface area contributed by atoms with Crippen molar-refractivity contribution in [1.82, 2.24) is 5.32 Å². The van der Waals surface area contributed by atoms with Gasteiger partial charge < -0.3 is 10.1 Å². The van der Waals surface area contributed by atoms with Crippen LogP contribution < -0.4 is 10.1 Å². The van der Waals surface area contributed by atoms with Gasteiger partial charge in [0.1, 0.15) is 5.75 Å². The summed E-state index contributed by atoms with van der Waals surface area (Å²) in [6, 6.07) is 7.00. The quantitative estimate of drug-likeness (QED) is 0.673. The van der Waals surface area contributed by atoms with E-state index < -0.39 is 0 Å². The molecule has 0 heterocycles. The molecule has 108 valence electrons. The van der Waals surface area contributed by atoms with Crippen LogP contribution in [-0.2, 0) is 0 Å². The second kappa shape index (κ2) is 8.98. The van der Waals surface area contributed by atoms with Crippen molar-refractivity contribution in [3.63, 3.8) is 0 Å². The van der Waals surface area contributed by atoms with Gasteiger partial charge in [-0.15, -0.1) is 0 Å². The Morgan fingerprint density at radius 3 is 2.21 bits per heavy atom. The third kappa shape index (κ3) is 7.89. The van der Waals surface area contributed by atoms with Crippen LogP contribution in [0.5, 0.6) is 5.75 Å². The minimum absolute atomic E-state index is 0.605. The number of nitrogens with one attached hydrogen (secondary N) is 1. The molecule has 0 radical (unpaired) electrons. The largest absolute Gasteiger partial charge is 0.494 e. The lowest BCUT2D eigenvalue weighted by atomic mass is 10.1. The summed E-state index contributed by atoms with van der Waals surface area (Å²) in [5.74, 6) is 1.01. The van der Waals surface area contributed by atoms with E-state index in [1.165, 1.54) is 30.4 Å². The van der Waals surface area contributed by atoms with Crippen molar-refractivity contribution < 1.29 is 4.74 Å². The number of unbranched alkanes of at least 4 members (excludes halogenated alkanes) is 3. The minimum Gasteiger partial charge on any atom is -0.494 e. The number of ether oxygens (including phenoxy) is 1. The highest BCUT2D eigenvalue weighted by molar-refractivity contribution is 5.32. The lowest BCUT2D eigenvalue weighted by Gasteiger charge is -2.09. The number of benzene rings is 1. The lowest BCUT2D eigenvalue weighted by molar-refractivity contribution is 0.304. The van der Waals surface area contributed by atoms with E-state index in [0.29, 0.717) is 6.04 Å². The molecule has 0 aromatic heterocycles. The summed E-state index contributed by atoms with van der Waals surface area (Å²) < 4.78 is 5.80. The summed E-state index contributed by atoms with van der Waals surface area (Å²) in [6.45, 7) is 10.6. The highest BCUT2D eigenvalue weighted by Crippen LogP contribution is 2.16. The third-order valence-electron chi connectivity index (χ3n) is 3.09. The monoisotopic (exact) mass is 263 g/mol. The molecule has 0 fully saturated rings. The average molecular weight is 263 g/mol. The van der Waals surface area contributed by atoms with Crippen LogP contribution in [0.2, 0.25) is 0 Å². The Labute approximate surface area is 118 Å². The van der Waals surface area contributed by atoms with Gasteiger partial charge in [0.05, 0.1) is 6.61 Å². The van der Waals surface area contributed by atoms with Gasteiger partial charge in [-0.25, -0.2) is 0 Å². The van der Waals surface area contributed by atoms with E-state index in [1.54, 1.807) is 0 Å². The van der Waals surface area contributed by atoms with Crippen molar-refractivity contribution in [3.8, 4) is 5.75 Å². The van der Waals surface area contributed by atoms with Crippen LogP contribution in [0.4, 0.5) is 0 Å². The molecular formula is C17H29NO. The third-order valence-corrected chi connectivity index (χ3v) is 3.09. The first kappa shape index (κ1) is 16.0. The molecule has 0 spiro atoms. The van der Waals surface area contributed by atoms with Gasteiger partial charge >= 0.3 is 0 Å². The van der Waals surface area contributed by atoms with E-state index in [-0.39, 0.29) is 0 Å². The zero-order valence-electron chi connectivity index (χ0n) is 13.0. The first-order chi connectivity index (χ1) is 9.08. The zero-order valence-corrected chi connectivity index (χ0v) is 13.0. The predicted molar refractivity (Wildman–Crippen MR) is 83.0 cm³/mol. The van der Waals surface area contributed by atoms with Crippen molar-refractivity contribution >= 4 is 0 Å². The summed E-state index contributed by atoms with van der Waals surface area (Å²) in [6.07, 6.45) is 4.96. The van der Waals surface area contributed by atoms with E-state index >= 15 is 0 Å². The smallest absolute Gasteiger partial charge is 0.119 e. The van der Waals surface area contributed by atoms with E-state index in [0.717, 1.165) is 25.3 Å². The highest BCUT2D eigenvalue weighted by Gasteiger charge is 1.97. The standard InChI is InChI=1S/C17H29NO/c1-14(2)18-9-7-5-6-8-10-19-17-12-15(3)11-16(4)13-17/h11-14,18H,5-10H2,1-4H3. The van der Waals surface area contributed by atoms with Gasteiger partial charge in [-0.2, -0.15) is 0 Å². The average Bonchev–Trinajstić information content (AvgIpc) is 2.31. The molecule has 0 unspecified atom stereocenters. The van der Waals surface area contributed by atoms with Crippen LogP contribution >= 0.6 is 0 Å². The fraction of sp³-hybridized carbons (Fsp3) is 0.647. The van der Waals surface area contributed by atoms with Crippen LogP contribution in [0.25, 0.3) is 0 Å². The number of aryl methyl sites for hydroxylation is 2. The maximum atomic E-state index is 5.80. The summed E-state index contributed by atoms with van der Waals surface area (Å²) in [4.78, 5) is 0. The molecule has 0 atom stereocenters. The lowest BCUT2D eigenvalue weighted by Crippen LogP contribution is -2.23. The van der Waals surface area contributed by atoms with Crippen LogP contribution in [-0.4, -0.2) is 19.2 Å². The van der Waals surface area contributed by atoms with Gasteiger partial charge in [0.2, 0.25) is 0 Å². The van der Waals surface area contributed by atoms with Crippen molar-refractivity contribution in [2.45, 2.75) is 59.4 Å². The predicted octanol–water partition coefficient (Wildman–Crippen LogP) is 4.24. The van der Waals surface area contributed by atoms with Crippen molar-refractivity contribution in [2.24, 2.45) is 0 Å². The fourth-order valence-electron chi connectivity index (χ4n) is 2.18. The second-order valence-electron chi connectivity index (χ2n) is 5.69. The Balaban J connectivity index is 2.04. The SMILES string of the molecule is Cc1cc(C)cc(OCCCCCCNC(C)C)c1. The van der Waals surface area contributed by atoms with Gasteiger partial charge in [0.25, 0.3) is 0 Å². The Morgan fingerprint density at radius 1 is 0.947 bits per heavy atom. The summed E-state index contributed by atoms with van der Waals surface area (Å²) >= 11 is 0. The molecule has 0 aliphatic heterocycles. The summed E-state index contributed by atoms with van der Waals surface area (Å²) in [5, 5.41) is 3.44. The first-order valence-corrected chi connectivity index (χ1v) is 7.52. The first-order valence-electron chi connectivity index (χ1n) is 7.52. The number of hydrogen-bond donors (Lipinski definition) is 1. The maximum absolute atomic E-state index is 5.80. The fourth-order valence-corrected chi connectivity index (χ4v) is 2.18. The van der Waals surface area contributed by atoms with Gasteiger partial charge in [-0.3, -0.25) is 0 Å². The molecule has 0 aliphatic carbocycles. The van der Waals surface area contributed by atoms with E-state index in [2.05, 4.69) is 51.2 Å². The van der Waals surface area contributed by atoms with Gasteiger partial charge in [0.15, 0.2) is 0 Å². The molecule has 19 heavy (non-hydrogen) atoms. The molecule has 0 aliphatic rings. The van der Waals surface area contributed by atoms with Gasteiger partial charge in [0, 0.05) is 6.04 Å². The Hall–Kier alpha value is -1.02. The van der Waals surface area contributed by atoms with Crippen molar-refractivity contribution in [2.75, 3.05) is 13.2 Å². The minimum atomic E-state index is 0.605. The van der Waals surface area contributed by atoms with Crippen LogP contribution in [0.1, 0.15) is 50.7 Å². The normalized spacial score (nSPS) is 11.0. The molecule has 0 amide bonds. The molecule has 0 bridgehead atoms. The van der Waals surface area contributed by atoms with E-state index in [4.69, 9.17) is 4.74 Å². The molecule has 1 N–H and O–H groups in total. The zero-order chi connectivity index (χ0) is 14.1. The Kier molecular flexibility index (Phi) is 7.57. The Morgan fingerprint density at radius 2 is 1.58 bits per heavy atom. The maximum Gasteiger partial charge on any atom is 0.119 e. The highest BCUT2D eigenvalue weighted by atomic mass is 16.5. The summed E-state index contributed by atoms with van der Waals surface area (Å²) in [5.41, 5.74) is 2.55. The van der Waals surface area contributed by atoms with Crippen LogP contribution in [0.3, 0.4) is 0 Å². The molecule has 0 saturated heterocycles. The molecule has 2 nitrogen and oxygen atoms in total. The number of hydrogen-bond acceptors (Lipinski definition) is 2. The second-order valence-corrected chi connectivity index (χ2v) is 5.69. The van der Waals surface area contributed by atoms with Crippen molar-refractivity contribution in [1.29, 1.82) is 0 Å².